The molecule has 3 aromatic carbocycles. The summed E-state index contributed by atoms with van der Waals surface area (Å²) >= 11 is 0. The number of benzene rings is 3. The summed E-state index contributed by atoms with van der Waals surface area (Å²) in [6, 6.07) is 21.4. The Morgan fingerprint density at radius 1 is 0.943 bits per heavy atom. The number of rotatable bonds is 8. The van der Waals surface area contributed by atoms with Crippen LogP contribution in [-0.2, 0) is 0 Å². The van der Waals surface area contributed by atoms with Gasteiger partial charge >= 0.3 is 0 Å². The molecule has 0 N–H and O–H groups in total. The van der Waals surface area contributed by atoms with Crippen LogP contribution < -0.4 is 15.0 Å². The normalized spacial score (nSPS) is 11.8. The van der Waals surface area contributed by atoms with Gasteiger partial charge in [0.05, 0.1) is 36.9 Å². The average Bonchev–Trinajstić information content (AvgIpc) is 2.91. The number of carbonyl (C=O) groups excluding carboxylic acids is 1. The Hall–Kier alpha value is -4.13. The van der Waals surface area contributed by atoms with E-state index in [1.165, 1.54) is 0 Å². The molecule has 0 fully saturated rings. The van der Waals surface area contributed by atoms with Crippen LogP contribution in [0.4, 0.5) is 0 Å². The highest BCUT2D eigenvalue weighted by Crippen LogP contribution is 2.29. The summed E-state index contributed by atoms with van der Waals surface area (Å²) < 4.78 is 12.4. The lowest BCUT2D eigenvalue weighted by Gasteiger charge is -2.31. The average molecular weight is 472 g/mol. The van der Waals surface area contributed by atoms with Gasteiger partial charge in [-0.05, 0) is 49.7 Å². The number of amides is 1. The van der Waals surface area contributed by atoms with E-state index in [-0.39, 0.29) is 11.5 Å². The number of methoxy groups -OCH3 is 2. The number of aromatic nitrogens is 2. The molecule has 0 aliphatic rings. The molecule has 7 heteroatoms. The monoisotopic (exact) mass is 471 g/mol. The predicted octanol–water partition coefficient (Wildman–Crippen LogP) is 5.02. The Bertz CT molecular complexity index is 1380. The van der Waals surface area contributed by atoms with E-state index >= 15 is 0 Å². The zero-order valence-electron chi connectivity index (χ0n) is 20.4. The lowest BCUT2D eigenvalue weighted by molar-refractivity contribution is 0.0671. The molecule has 0 aliphatic carbocycles. The van der Waals surface area contributed by atoms with Gasteiger partial charge in [-0.3, -0.25) is 14.2 Å². The number of hydrogen-bond donors (Lipinski definition) is 0. The first kappa shape index (κ1) is 24.0. The molecule has 35 heavy (non-hydrogen) atoms. The van der Waals surface area contributed by atoms with Crippen LogP contribution >= 0.6 is 0 Å². The summed E-state index contributed by atoms with van der Waals surface area (Å²) in [5.41, 5.74) is 1.58. The predicted molar refractivity (Wildman–Crippen MR) is 137 cm³/mol. The second-order valence-corrected chi connectivity index (χ2v) is 8.08. The van der Waals surface area contributed by atoms with Crippen LogP contribution in [0.5, 0.6) is 11.5 Å². The molecule has 0 radical (unpaired) electrons. The number of para-hydroxylation sites is 2. The minimum absolute atomic E-state index is 0.165. The second kappa shape index (κ2) is 10.4. The fraction of sp³-hybridized carbons (Fsp3) is 0.250. The summed E-state index contributed by atoms with van der Waals surface area (Å²) in [5.74, 6) is 1.38. The topological polar surface area (TPSA) is 73.7 Å². The number of fused-ring (bicyclic) bond motifs is 1. The van der Waals surface area contributed by atoms with Gasteiger partial charge in [0.1, 0.15) is 17.3 Å². The van der Waals surface area contributed by atoms with Crippen LogP contribution in [-0.4, -0.2) is 41.1 Å². The summed E-state index contributed by atoms with van der Waals surface area (Å²) in [6.45, 7) is 4.34. The van der Waals surface area contributed by atoms with E-state index in [1.807, 2.05) is 62.4 Å². The Kier molecular flexibility index (Phi) is 7.15. The summed E-state index contributed by atoms with van der Waals surface area (Å²) in [6.07, 6.45) is 0.568. The molecule has 7 nitrogen and oxygen atoms in total. The third-order valence-electron chi connectivity index (χ3n) is 6.08. The lowest BCUT2D eigenvalue weighted by atomic mass is 10.1. The van der Waals surface area contributed by atoms with Crippen LogP contribution in [0.25, 0.3) is 16.6 Å². The van der Waals surface area contributed by atoms with Gasteiger partial charge in [-0.15, -0.1) is 0 Å². The molecule has 0 saturated carbocycles. The quantitative estimate of drug-likeness (QED) is 0.361. The zero-order chi connectivity index (χ0) is 24.9. The summed E-state index contributed by atoms with van der Waals surface area (Å²) in [5, 5.41) is 0.530. The van der Waals surface area contributed by atoms with E-state index < -0.39 is 6.04 Å². The highest BCUT2D eigenvalue weighted by atomic mass is 16.5. The van der Waals surface area contributed by atoms with Crippen molar-refractivity contribution in [2.75, 3.05) is 20.8 Å². The van der Waals surface area contributed by atoms with Crippen molar-refractivity contribution in [3.63, 3.8) is 0 Å². The molecular formula is C28H29N3O4. The van der Waals surface area contributed by atoms with Crippen molar-refractivity contribution in [1.82, 2.24) is 14.5 Å². The van der Waals surface area contributed by atoms with Crippen LogP contribution in [0.1, 0.15) is 42.5 Å². The first-order valence-corrected chi connectivity index (χ1v) is 11.6. The minimum atomic E-state index is -0.442. The van der Waals surface area contributed by atoms with Crippen molar-refractivity contribution < 1.29 is 14.3 Å². The third kappa shape index (κ3) is 4.62. The van der Waals surface area contributed by atoms with Crippen LogP contribution in [0.3, 0.4) is 0 Å². The van der Waals surface area contributed by atoms with Gasteiger partial charge in [0.25, 0.3) is 11.5 Å². The van der Waals surface area contributed by atoms with Gasteiger partial charge < -0.3 is 14.4 Å². The Morgan fingerprint density at radius 2 is 1.57 bits per heavy atom. The van der Waals surface area contributed by atoms with E-state index in [2.05, 4.69) is 0 Å². The van der Waals surface area contributed by atoms with Gasteiger partial charge in [0.15, 0.2) is 0 Å². The molecule has 4 rings (SSSR count). The van der Waals surface area contributed by atoms with Crippen molar-refractivity contribution in [1.29, 1.82) is 0 Å². The second-order valence-electron chi connectivity index (χ2n) is 8.08. The van der Waals surface area contributed by atoms with Gasteiger partial charge in [0, 0.05) is 18.2 Å². The van der Waals surface area contributed by atoms with E-state index in [9.17, 15) is 9.59 Å². The van der Waals surface area contributed by atoms with Crippen molar-refractivity contribution in [2.45, 2.75) is 26.3 Å². The smallest absolute Gasteiger partial charge is 0.266 e. The number of nitrogens with zero attached hydrogens (tertiary/aromatic N) is 3. The molecule has 1 unspecified atom stereocenters. The van der Waals surface area contributed by atoms with Crippen molar-refractivity contribution in [3.8, 4) is 17.2 Å². The van der Waals surface area contributed by atoms with Crippen molar-refractivity contribution in [2.24, 2.45) is 0 Å². The van der Waals surface area contributed by atoms with Crippen LogP contribution in [0.2, 0.25) is 0 Å². The van der Waals surface area contributed by atoms with Gasteiger partial charge in [-0.2, -0.15) is 0 Å². The van der Waals surface area contributed by atoms with Crippen molar-refractivity contribution in [3.05, 3.63) is 94.5 Å². The number of ether oxygens (including phenoxy) is 2. The van der Waals surface area contributed by atoms with Gasteiger partial charge in [-0.25, -0.2) is 4.98 Å². The third-order valence-corrected chi connectivity index (χ3v) is 6.08. The zero-order valence-corrected chi connectivity index (χ0v) is 20.4. The fourth-order valence-corrected chi connectivity index (χ4v) is 4.34. The molecule has 4 aromatic rings. The maximum Gasteiger partial charge on any atom is 0.266 e. The molecule has 0 spiro atoms. The molecule has 180 valence electrons. The molecule has 1 aromatic heterocycles. The lowest BCUT2D eigenvalue weighted by Crippen LogP contribution is -2.38. The largest absolute Gasteiger partial charge is 0.497 e. The van der Waals surface area contributed by atoms with Gasteiger partial charge in [-0.1, -0.05) is 37.3 Å². The maximum atomic E-state index is 13.8. The Morgan fingerprint density at radius 3 is 2.17 bits per heavy atom. The van der Waals surface area contributed by atoms with Crippen LogP contribution in [0.15, 0.2) is 77.6 Å². The molecule has 0 bridgehead atoms. The molecule has 0 saturated heterocycles. The van der Waals surface area contributed by atoms with Gasteiger partial charge in [0.2, 0.25) is 0 Å². The maximum absolute atomic E-state index is 13.8. The molecular weight excluding hydrogens is 442 g/mol. The summed E-state index contributed by atoms with van der Waals surface area (Å²) in [7, 11) is 3.10. The summed E-state index contributed by atoms with van der Waals surface area (Å²) in [4.78, 5) is 34.1. The highest BCUT2D eigenvalue weighted by molar-refractivity contribution is 5.95. The minimum Gasteiger partial charge on any atom is -0.497 e. The standard InChI is InChI=1S/C28H29N3O4/c1-5-25(30(6-2)27(32)19-16-21(34-3)18-22(17-19)35-4)26-29-24-15-11-10-14-23(24)28(33)31(26)20-12-8-7-9-13-20/h7-18,25H,5-6H2,1-4H3. The van der Waals surface area contributed by atoms with E-state index in [0.29, 0.717) is 52.4 Å². The first-order chi connectivity index (χ1) is 17.0. The Labute approximate surface area is 204 Å². The SMILES string of the molecule is CCC(c1nc2ccccc2c(=O)n1-c1ccccc1)N(CC)C(=O)c1cc(OC)cc(OC)c1. The highest BCUT2D eigenvalue weighted by Gasteiger charge is 2.29. The molecule has 1 atom stereocenters. The Balaban J connectivity index is 1.90. The number of carbonyl (C=O) groups is 1. The number of hydrogen-bond acceptors (Lipinski definition) is 5. The van der Waals surface area contributed by atoms with E-state index in [4.69, 9.17) is 14.5 Å². The van der Waals surface area contributed by atoms with Crippen LogP contribution in [0, 0.1) is 0 Å². The molecule has 1 amide bonds. The van der Waals surface area contributed by atoms with E-state index in [0.717, 1.165) is 0 Å². The molecule has 0 aliphatic heterocycles. The van der Waals surface area contributed by atoms with Crippen molar-refractivity contribution >= 4 is 16.8 Å². The van der Waals surface area contributed by atoms with E-state index in [1.54, 1.807) is 48.0 Å². The first-order valence-electron chi connectivity index (χ1n) is 11.6. The fourth-order valence-electron chi connectivity index (χ4n) is 4.34. The molecule has 1 heterocycles.